The highest BCUT2D eigenvalue weighted by Crippen LogP contribution is 2.26. The first kappa shape index (κ1) is 32.0. The number of ether oxygens (including phenoxy) is 1. The summed E-state index contributed by atoms with van der Waals surface area (Å²) >= 11 is 0. The second-order valence-electron chi connectivity index (χ2n) is 9.04. The smallest absolute Gasteiger partial charge is 0.271 e. The van der Waals surface area contributed by atoms with Crippen molar-refractivity contribution in [3.63, 3.8) is 0 Å². The Kier molecular flexibility index (Phi) is 13.4. The maximum absolute atomic E-state index is 12.8. The minimum absolute atomic E-state index is 0.0285. The molecule has 0 aliphatic carbocycles. The maximum atomic E-state index is 12.8. The SMILES string of the molecule is C=C\C=C(/N=C(/C=C(\N)C(=O)Nc1ccc(C(=O)NCCN(CC)CC)cc1)CC)c1ccc(OC)c(CC)c1. The van der Waals surface area contributed by atoms with Crippen molar-refractivity contribution < 1.29 is 14.3 Å². The highest BCUT2D eigenvalue weighted by atomic mass is 16.5. The zero-order valence-electron chi connectivity index (χ0n) is 24.4. The number of aliphatic imine (C=N–C) groups is 1. The van der Waals surface area contributed by atoms with E-state index >= 15 is 0 Å². The van der Waals surface area contributed by atoms with Gasteiger partial charge in [0.2, 0.25) is 0 Å². The largest absolute Gasteiger partial charge is 0.496 e. The molecule has 0 radical (unpaired) electrons. The number of nitrogens with zero attached hydrogens (tertiary/aromatic N) is 2. The van der Waals surface area contributed by atoms with Crippen LogP contribution in [-0.2, 0) is 11.2 Å². The van der Waals surface area contributed by atoms with Crippen LogP contribution in [0, 0.1) is 0 Å². The van der Waals surface area contributed by atoms with E-state index in [9.17, 15) is 9.59 Å². The van der Waals surface area contributed by atoms with Crippen LogP contribution in [0.4, 0.5) is 5.69 Å². The summed E-state index contributed by atoms with van der Waals surface area (Å²) in [5.74, 6) is 0.220. The summed E-state index contributed by atoms with van der Waals surface area (Å²) in [5, 5.41) is 5.70. The lowest BCUT2D eigenvalue weighted by Gasteiger charge is -2.18. The van der Waals surface area contributed by atoms with E-state index in [4.69, 9.17) is 15.5 Å². The first-order chi connectivity index (χ1) is 19.3. The molecule has 0 aliphatic heterocycles. The van der Waals surface area contributed by atoms with Crippen molar-refractivity contribution in [2.24, 2.45) is 10.7 Å². The Morgan fingerprint density at radius 3 is 2.30 bits per heavy atom. The van der Waals surface area contributed by atoms with Crippen molar-refractivity contribution in [1.29, 1.82) is 0 Å². The highest BCUT2D eigenvalue weighted by Gasteiger charge is 2.11. The van der Waals surface area contributed by atoms with Gasteiger partial charge in [-0.15, -0.1) is 0 Å². The number of rotatable bonds is 15. The van der Waals surface area contributed by atoms with Crippen molar-refractivity contribution in [3.05, 3.63) is 89.7 Å². The Labute approximate surface area is 238 Å². The topological polar surface area (TPSA) is 109 Å². The second-order valence-corrected chi connectivity index (χ2v) is 9.04. The number of amides is 2. The monoisotopic (exact) mass is 545 g/mol. The molecule has 0 fully saturated rings. The second kappa shape index (κ2) is 16.7. The molecule has 0 aromatic heterocycles. The van der Waals surface area contributed by atoms with Gasteiger partial charge in [-0.3, -0.25) is 14.6 Å². The molecular formula is C32H43N5O3. The molecule has 40 heavy (non-hydrogen) atoms. The van der Waals surface area contributed by atoms with E-state index in [0.29, 0.717) is 35.6 Å². The average molecular weight is 546 g/mol. The van der Waals surface area contributed by atoms with E-state index in [1.165, 1.54) is 0 Å². The Bertz CT molecular complexity index is 1240. The minimum Gasteiger partial charge on any atom is -0.496 e. The van der Waals surface area contributed by atoms with E-state index in [1.807, 2.05) is 31.2 Å². The van der Waals surface area contributed by atoms with Crippen molar-refractivity contribution in [1.82, 2.24) is 10.2 Å². The summed E-state index contributed by atoms with van der Waals surface area (Å²) < 4.78 is 5.44. The number of nitrogens with two attached hydrogens (primary N) is 1. The molecule has 0 heterocycles. The molecule has 2 rings (SSSR count). The van der Waals surface area contributed by atoms with E-state index in [0.717, 1.165) is 42.9 Å². The van der Waals surface area contributed by atoms with Crippen LogP contribution in [0.3, 0.4) is 0 Å². The molecule has 0 spiro atoms. The van der Waals surface area contributed by atoms with Gasteiger partial charge in [0.1, 0.15) is 5.75 Å². The van der Waals surface area contributed by atoms with Gasteiger partial charge in [-0.2, -0.15) is 0 Å². The maximum Gasteiger partial charge on any atom is 0.271 e. The number of aryl methyl sites for hydroxylation is 1. The normalized spacial score (nSPS) is 12.3. The van der Waals surface area contributed by atoms with Gasteiger partial charge in [0.05, 0.1) is 18.5 Å². The third-order valence-corrected chi connectivity index (χ3v) is 6.46. The summed E-state index contributed by atoms with van der Waals surface area (Å²) in [6.45, 7) is 15.3. The number of allylic oxidation sites excluding steroid dienone is 3. The number of carbonyl (C=O) groups is 2. The highest BCUT2D eigenvalue weighted by molar-refractivity contribution is 6.09. The molecule has 0 bridgehead atoms. The van der Waals surface area contributed by atoms with Gasteiger partial charge in [-0.05, 0) is 86.1 Å². The van der Waals surface area contributed by atoms with E-state index < -0.39 is 5.91 Å². The summed E-state index contributed by atoms with van der Waals surface area (Å²) in [7, 11) is 1.65. The Morgan fingerprint density at radius 1 is 1.05 bits per heavy atom. The minimum atomic E-state index is -0.454. The van der Waals surface area contributed by atoms with Crippen molar-refractivity contribution in [3.8, 4) is 5.75 Å². The standard InChI is InChI=1S/C32H43N5O3/c1-7-12-29(25-15-18-30(40-6)23(8-2)21-25)35-26(9-3)22-28(33)32(39)36-27-16-13-24(14-17-27)31(38)34-19-20-37(10-4)11-5/h7,12-18,21-22H,1,8-11,19-20,33H2,2-6H3,(H,34,38)(H,36,39)/b28-22-,29-12-,35-26+. The fourth-order valence-electron chi connectivity index (χ4n) is 4.01. The first-order valence-electron chi connectivity index (χ1n) is 13.8. The molecule has 0 saturated heterocycles. The number of likely N-dealkylation sites (N-methyl/N-ethyl adjacent to an activating group) is 1. The number of benzene rings is 2. The summed E-state index contributed by atoms with van der Waals surface area (Å²) in [6.07, 6.45) is 6.46. The Morgan fingerprint density at radius 2 is 1.73 bits per heavy atom. The lowest BCUT2D eigenvalue weighted by molar-refractivity contribution is -0.112. The van der Waals surface area contributed by atoms with Crippen molar-refractivity contribution in [2.75, 3.05) is 38.6 Å². The number of hydrogen-bond donors (Lipinski definition) is 3. The van der Waals surface area contributed by atoms with Crippen LogP contribution in [0.15, 0.2) is 78.0 Å². The number of hydrogen-bond acceptors (Lipinski definition) is 6. The molecule has 214 valence electrons. The Hall–Kier alpha value is -4.17. The van der Waals surface area contributed by atoms with Gasteiger partial charge in [0, 0.05) is 35.6 Å². The van der Waals surface area contributed by atoms with Crippen LogP contribution in [-0.4, -0.2) is 55.7 Å². The summed E-state index contributed by atoms with van der Waals surface area (Å²) in [5.41, 5.74) is 10.6. The lowest BCUT2D eigenvalue weighted by Crippen LogP contribution is -2.34. The van der Waals surface area contributed by atoms with Crippen molar-refractivity contribution >= 4 is 28.9 Å². The molecule has 2 aromatic carbocycles. The molecule has 2 aromatic rings. The first-order valence-corrected chi connectivity index (χ1v) is 13.8. The Balaban J connectivity index is 2.11. The zero-order valence-corrected chi connectivity index (χ0v) is 24.4. The van der Waals surface area contributed by atoms with Gasteiger partial charge < -0.3 is 26.0 Å². The van der Waals surface area contributed by atoms with Gasteiger partial charge in [0.25, 0.3) is 11.8 Å². The van der Waals surface area contributed by atoms with Crippen LogP contribution in [0.25, 0.3) is 5.70 Å². The molecule has 8 heteroatoms. The zero-order chi connectivity index (χ0) is 29.5. The molecule has 0 saturated carbocycles. The van der Waals surface area contributed by atoms with E-state index in [-0.39, 0.29) is 11.6 Å². The van der Waals surface area contributed by atoms with Crippen LogP contribution in [0.2, 0.25) is 0 Å². The fourth-order valence-corrected chi connectivity index (χ4v) is 4.01. The number of carbonyl (C=O) groups excluding carboxylic acids is 2. The number of methoxy groups -OCH3 is 1. The van der Waals surface area contributed by atoms with Gasteiger partial charge in [-0.25, -0.2) is 0 Å². The number of nitrogens with one attached hydrogen (secondary N) is 2. The molecule has 0 aliphatic rings. The predicted molar refractivity (Wildman–Crippen MR) is 166 cm³/mol. The molecule has 2 amide bonds. The molecule has 4 N–H and O–H groups in total. The van der Waals surface area contributed by atoms with Gasteiger partial charge in [0.15, 0.2) is 0 Å². The third kappa shape index (κ3) is 9.54. The van der Waals surface area contributed by atoms with Crippen LogP contribution in [0.5, 0.6) is 5.75 Å². The molecule has 0 atom stereocenters. The van der Waals surface area contributed by atoms with Crippen LogP contribution < -0.4 is 21.1 Å². The molecular weight excluding hydrogens is 502 g/mol. The summed E-state index contributed by atoms with van der Waals surface area (Å²) in [4.78, 5) is 32.2. The molecule has 0 unspecified atom stereocenters. The van der Waals surface area contributed by atoms with Gasteiger partial charge in [-0.1, -0.05) is 40.3 Å². The van der Waals surface area contributed by atoms with Crippen molar-refractivity contribution in [2.45, 2.75) is 40.5 Å². The van der Waals surface area contributed by atoms with E-state index in [2.05, 4.69) is 42.9 Å². The average Bonchev–Trinajstić information content (AvgIpc) is 2.98. The van der Waals surface area contributed by atoms with Crippen LogP contribution >= 0.6 is 0 Å². The van der Waals surface area contributed by atoms with E-state index in [1.54, 1.807) is 43.5 Å². The van der Waals surface area contributed by atoms with Crippen LogP contribution in [0.1, 0.15) is 55.6 Å². The van der Waals surface area contributed by atoms with Gasteiger partial charge >= 0.3 is 0 Å². The predicted octanol–water partition coefficient (Wildman–Crippen LogP) is 5.19. The lowest BCUT2D eigenvalue weighted by atomic mass is 10.0. The quantitative estimate of drug-likeness (QED) is 0.162. The summed E-state index contributed by atoms with van der Waals surface area (Å²) in [6, 6.07) is 12.6. The third-order valence-electron chi connectivity index (χ3n) is 6.46. The number of anilines is 1. The fraction of sp³-hybridized carbons (Fsp3) is 0.344. The molecule has 8 nitrogen and oxygen atoms in total.